The maximum Gasteiger partial charge on any atom is 0.260 e. The summed E-state index contributed by atoms with van der Waals surface area (Å²) in [5.74, 6) is 0.666. The van der Waals surface area contributed by atoms with Crippen LogP contribution < -0.4 is 5.32 Å². The Labute approximate surface area is 120 Å². The Hall–Kier alpha value is -3.02. The van der Waals surface area contributed by atoms with Gasteiger partial charge < -0.3 is 9.84 Å². The van der Waals surface area contributed by atoms with E-state index in [-0.39, 0.29) is 5.91 Å². The number of carbonyl (C=O) groups is 1. The van der Waals surface area contributed by atoms with Crippen molar-refractivity contribution >= 4 is 11.6 Å². The lowest BCUT2D eigenvalue weighted by molar-refractivity contribution is 0.102. The van der Waals surface area contributed by atoms with Gasteiger partial charge in [0.25, 0.3) is 11.8 Å². The van der Waals surface area contributed by atoms with Crippen LogP contribution in [0.2, 0.25) is 0 Å². The molecule has 0 unspecified atom stereocenters. The van der Waals surface area contributed by atoms with Crippen LogP contribution in [0.15, 0.2) is 53.3 Å². The highest BCUT2D eigenvalue weighted by molar-refractivity contribution is 6.05. The van der Waals surface area contributed by atoms with Crippen LogP contribution in [0.5, 0.6) is 0 Å². The molecule has 2 heterocycles. The Morgan fingerprint density at radius 1 is 1.19 bits per heavy atom. The minimum Gasteiger partial charge on any atom is -0.334 e. The summed E-state index contributed by atoms with van der Waals surface area (Å²) in [5, 5.41) is 6.59. The molecule has 2 aromatic heterocycles. The zero-order valence-corrected chi connectivity index (χ0v) is 11.3. The second kappa shape index (κ2) is 5.54. The molecular weight excluding hydrogens is 268 g/mol. The summed E-state index contributed by atoms with van der Waals surface area (Å²) in [6, 6.07) is 10.7. The maximum atomic E-state index is 12.2. The van der Waals surface area contributed by atoms with Crippen LogP contribution in [0.25, 0.3) is 11.5 Å². The van der Waals surface area contributed by atoms with Crippen LogP contribution in [0.3, 0.4) is 0 Å². The molecule has 3 rings (SSSR count). The number of hydrogen-bond acceptors (Lipinski definition) is 5. The second-order valence-corrected chi connectivity index (χ2v) is 4.39. The lowest BCUT2D eigenvalue weighted by Gasteiger charge is -2.08. The van der Waals surface area contributed by atoms with Crippen LogP contribution in [-0.4, -0.2) is 21.0 Å². The van der Waals surface area contributed by atoms with Gasteiger partial charge in [0.2, 0.25) is 0 Å². The first-order valence-electron chi connectivity index (χ1n) is 6.35. The molecule has 0 aliphatic carbocycles. The van der Waals surface area contributed by atoms with Crippen molar-refractivity contribution in [3.63, 3.8) is 0 Å². The topological polar surface area (TPSA) is 80.9 Å². The van der Waals surface area contributed by atoms with Crippen molar-refractivity contribution in [2.24, 2.45) is 0 Å². The van der Waals surface area contributed by atoms with Crippen molar-refractivity contribution in [3.05, 3.63) is 60.2 Å². The lowest BCUT2D eigenvalue weighted by Crippen LogP contribution is -2.12. The summed E-state index contributed by atoms with van der Waals surface area (Å²) in [6.07, 6.45) is 3.13. The summed E-state index contributed by atoms with van der Waals surface area (Å²) < 4.78 is 5.15. The maximum absolute atomic E-state index is 12.2. The number of nitrogens with zero attached hydrogens (tertiary/aromatic N) is 3. The van der Waals surface area contributed by atoms with Crippen LogP contribution >= 0.6 is 0 Å². The van der Waals surface area contributed by atoms with E-state index < -0.39 is 0 Å². The Kier molecular flexibility index (Phi) is 3.42. The third kappa shape index (κ3) is 2.79. The van der Waals surface area contributed by atoms with Crippen LogP contribution in [-0.2, 0) is 0 Å². The molecule has 1 aromatic carbocycles. The molecule has 0 spiro atoms. The van der Waals surface area contributed by atoms with E-state index in [0.717, 1.165) is 0 Å². The summed E-state index contributed by atoms with van der Waals surface area (Å²) in [6.45, 7) is 1.74. The molecule has 0 saturated carbocycles. The molecule has 0 saturated heterocycles. The first kappa shape index (κ1) is 13.0. The molecule has 1 N–H and O–H groups in total. The van der Waals surface area contributed by atoms with Gasteiger partial charge in [0, 0.05) is 12.4 Å². The number of amides is 1. The number of carbonyl (C=O) groups excluding carboxylic acids is 1. The Morgan fingerprint density at radius 2 is 2.05 bits per heavy atom. The number of rotatable bonds is 3. The zero-order valence-electron chi connectivity index (χ0n) is 11.3. The van der Waals surface area contributed by atoms with Crippen molar-refractivity contribution in [1.82, 2.24) is 15.1 Å². The molecule has 6 nitrogen and oxygen atoms in total. The van der Waals surface area contributed by atoms with Gasteiger partial charge in [0.15, 0.2) is 5.82 Å². The molecule has 1 amide bonds. The first-order valence-corrected chi connectivity index (χ1v) is 6.35. The number of aryl methyl sites for hydroxylation is 1. The fraction of sp³-hybridized carbons (Fsp3) is 0.0667. The molecule has 0 aliphatic heterocycles. The van der Waals surface area contributed by atoms with E-state index in [1.165, 1.54) is 6.20 Å². The molecule has 21 heavy (non-hydrogen) atoms. The van der Waals surface area contributed by atoms with E-state index in [0.29, 0.717) is 28.5 Å². The van der Waals surface area contributed by atoms with E-state index in [2.05, 4.69) is 20.4 Å². The molecule has 104 valence electrons. The van der Waals surface area contributed by atoms with Crippen molar-refractivity contribution < 1.29 is 9.32 Å². The summed E-state index contributed by atoms with van der Waals surface area (Å²) in [4.78, 5) is 20.3. The van der Waals surface area contributed by atoms with Gasteiger partial charge in [-0.1, -0.05) is 17.3 Å². The average Bonchev–Trinajstić information content (AvgIpc) is 2.95. The minimum atomic E-state index is -0.244. The fourth-order valence-corrected chi connectivity index (χ4v) is 1.88. The quantitative estimate of drug-likeness (QED) is 0.797. The molecule has 0 aliphatic rings. The van der Waals surface area contributed by atoms with Gasteiger partial charge in [0.05, 0.1) is 16.8 Å². The van der Waals surface area contributed by atoms with Gasteiger partial charge in [-0.15, -0.1) is 0 Å². The van der Waals surface area contributed by atoms with Gasteiger partial charge in [-0.3, -0.25) is 9.78 Å². The number of benzene rings is 1. The molecule has 0 fully saturated rings. The Bertz CT molecular complexity index is 768. The van der Waals surface area contributed by atoms with Gasteiger partial charge in [-0.2, -0.15) is 4.98 Å². The molecule has 0 bridgehead atoms. The predicted octanol–water partition coefficient (Wildman–Crippen LogP) is 2.69. The molecule has 6 heteroatoms. The number of pyridine rings is 1. The largest absolute Gasteiger partial charge is 0.334 e. The smallest absolute Gasteiger partial charge is 0.260 e. The number of anilines is 1. The number of hydrogen-bond donors (Lipinski definition) is 1. The number of aromatic nitrogens is 3. The molecule has 0 atom stereocenters. The van der Waals surface area contributed by atoms with Crippen molar-refractivity contribution in [3.8, 4) is 11.5 Å². The van der Waals surface area contributed by atoms with E-state index in [1.807, 2.05) is 18.2 Å². The van der Waals surface area contributed by atoms with Gasteiger partial charge >= 0.3 is 0 Å². The number of nitrogens with one attached hydrogen (secondary N) is 1. The minimum absolute atomic E-state index is 0.244. The van der Waals surface area contributed by atoms with Crippen molar-refractivity contribution in [1.29, 1.82) is 0 Å². The highest BCUT2D eigenvalue weighted by Crippen LogP contribution is 2.26. The summed E-state index contributed by atoms with van der Waals surface area (Å²) in [7, 11) is 0. The van der Waals surface area contributed by atoms with E-state index in [1.54, 1.807) is 31.3 Å². The van der Waals surface area contributed by atoms with Gasteiger partial charge in [-0.05, 0) is 31.2 Å². The Balaban J connectivity index is 1.91. The van der Waals surface area contributed by atoms with Crippen LogP contribution in [0.4, 0.5) is 5.69 Å². The molecule has 0 radical (unpaired) electrons. The first-order chi connectivity index (χ1) is 10.2. The fourth-order valence-electron chi connectivity index (χ4n) is 1.88. The SMILES string of the molecule is Cc1noc(-c2ccccc2NC(=O)c2cccnc2)n1. The van der Waals surface area contributed by atoms with Crippen LogP contribution in [0, 0.1) is 6.92 Å². The average molecular weight is 280 g/mol. The zero-order chi connectivity index (χ0) is 14.7. The normalized spacial score (nSPS) is 10.3. The lowest BCUT2D eigenvalue weighted by atomic mass is 10.1. The highest BCUT2D eigenvalue weighted by Gasteiger charge is 2.14. The van der Waals surface area contributed by atoms with Gasteiger partial charge in [0.1, 0.15) is 0 Å². The van der Waals surface area contributed by atoms with Crippen LogP contribution in [0.1, 0.15) is 16.2 Å². The highest BCUT2D eigenvalue weighted by atomic mass is 16.5. The second-order valence-electron chi connectivity index (χ2n) is 4.39. The molecular formula is C15H12N4O2. The number of para-hydroxylation sites is 1. The van der Waals surface area contributed by atoms with Gasteiger partial charge in [-0.25, -0.2) is 0 Å². The van der Waals surface area contributed by atoms with E-state index >= 15 is 0 Å². The standard InChI is InChI=1S/C15H12N4O2/c1-10-17-15(21-19-10)12-6-2-3-7-13(12)18-14(20)11-5-4-8-16-9-11/h2-9H,1H3,(H,18,20). The van der Waals surface area contributed by atoms with E-state index in [4.69, 9.17) is 4.52 Å². The third-order valence-electron chi connectivity index (χ3n) is 2.86. The monoisotopic (exact) mass is 280 g/mol. The predicted molar refractivity (Wildman–Crippen MR) is 76.7 cm³/mol. The Morgan fingerprint density at radius 3 is 2.76 bits per heavy atom. The van der Waals surface area contributed by atoms with Crippen molar-refractivity contribution in [2.45, 2.75) is 6.92 Å². The van der Waals surface area contributed by atoms with E-state index in [9.17, 15) is 4.79 Å². The third-order valence-corrected chi connectivity index (χ3v) is 2.86. The summed E-state index contributed by atoms with van der Waals surface area (Å²) in [5.41, 5.74) is 1.76. The molecule has 3 aromatic rings. The summed E-state index contributed by atoms with van der Waals surface area (Å²) >= 11 is 0. The van der Waals surface area contributed by atoms with Crippen molar-refractivity contribution in [2.75, 3.05) is 5.32 Å².